The summed E-state index contributed by atoms with van der Waals surface area (Å²) in [6, 6.07) is 20.9. The van der Waals surface area contributed by atoms with Crippen molar-refractivity contribution in [2.75, 3.05) is 6.54 Å². The van der Waals surface area contributed by atoms with Crippen LogP contribution in [-0.2, 0) is 14.3 Å². The van der Waals surface area contributed by atoms with E-state index in [4.69, 9.17) is 4.74 Å². The summed E-state index contributed by atoms with van der Waals surface area (Å²) in [5.74, 6) is -1.54. The Kier molecular flexibility index (Phi) is 9.50. The van der Waals surface area contributed by atoms with Crippen molar-refractivity contribution in [2.24, 2.45) is 5.41 Å². The molecule has 4 atom stereocenters. The number of carbonyl (C=O) groups excluding carboxylic acids is 3. The third-order valence-corrected chi connectivity index (χ3v) is 8.12. The second-order valence-corrected chi connectivity index (χ2v) is 11.5. The van der Waals surface area contributed by atoms with Crippen LogP contribution in [0.4, 0.5) is 9.59 Å². The van der Waals surface area contributed by atoms with E-state index >= 15 is 0 Å². The van der Waals surface area contributed by atoms with Gasteiger partial charge in [-0.25, -0.2) is 9.59 Å². The lowest BCUT2D eigenvalue weighted by atomic mass is 9.79. The standard InChI is InChI=1S/C33H39N3O6/c1-5-6-16-26(28(37)30(38)34-21(2)22-12-8-7-9-13-22)35-31(39)42-27-20-36(32(40)41)29(33(27,3)4)25-18-17-23-14-10-11-15-24(23)19-25/h7-15,17-19,21,26-27,29H,5-6,16,20H2,1-4H3,(H,34,38)(H,35,39)(H,40,41)/t21-,26+,27-,29?/m1/s1. The van der Waals surface area contributed by atoms with E-state index in [0.29, 0.717) is 6.42 Å². The maximum atomic E-state index is 13.1. The van der Waals surface area contributed by atoms with Crippen molar-refractivity contribution in [1.82, 2.24) is 15.5 Å². The van der Waals surface area contributed by atoms with E-state index in [-0.39, 0.29) is 13.0 Å². The number of likely N-dealkylation sites (tertiary alicyclic amines) is 1. The number of unbranched alkanes of at least 4 members (excludes halogenated alkanes) is 1. The van der Waals surface area contributed by atoms with Crippen LogP contribution in [0.15, 0.2) is 72.8 Å². The van der Waals surface area contributed by atoms with Gasteiger partial charge in [0.25, 0.3) is 5.91 Å². The lowest BCUT2D eigenvalue weighted by Crippen LogP contribution is -2.49. The molecule has 0 bridgehead atoms. The van der Waals surface area contributed by atoms with Crippen LogP contribution in [0.2, 0.25) is 0 Å². The highest BCUT2D eigenvalue weighted by Crippen LogP contribution is 2.48. The van der Waals surface area contributed by atoms with Crippen LogP contribution in [0.5, 0.6) is 0 Å². The third-order valence-electron chi connectivity index (χ3n) is 8.12. The average Bonchev–Trinajstić information content (AvgIpc) is 3.24. The molecule has 1 unspecified atom stereocenters. The van der Waals surface area contributed by atoms with Gasteiger partial charge in [-0.15, -0.1) is 0 Å². The molecule has 1 aliphatic rings. The van der Waals surface area contributed by atoms with Crippen molar-refractivity contribution in [2.45, 2.75) is 71.2 Å². The van der Waals surface area contributed by atoms with Gasteiger partial charge in [-0.2, -0.15) is 0 Å². The summed E-state index contributed by atoms with van der Waals surface area (Å²) in [4.78, 5) is 52.7. The van der Waals surface area contributed by atoms with Crippen LogP contribution >= 0.6 is 0 Å². The van der Waals surface area contributed by atoms with Crippen LogP contribution in [0.3, 0.4) is 0 Å². The fourth-order valence-electron chi connectivity index (χ4n) is 5.70. The SMILES string of the molecule is CCCC[C@H](NC(=O)O[C@@H]1CN(C(=O)O)C(c2ccc3ccccc3c2)C1(C)C)C(=O)C(=O)N[C@H](C)c1ccccc1. The molecule has 0 saturated carbocycles. The number of rotatable bonds is 10. The second kappa shape index (κ2) is 13.1. The summed E-state index contributed by atoms with van der Waals surface area (Å²) < 4.78 is 5.80. The number of benzene rings is 3. The highest BCUT2D eigenvalue weighted by atomic mass is 16.6. The maximum absolute atomic E-state index is 13.1. The predicted octanol–water partition coefficient (Wildman–Crippen LogP) is 6.00. The van der Waals surface area contributed by atoms with Crippen molar-refractivity contribution in [1.29, 1.82) is 0 Å². The number of ether oxygens (including phenoxy) is 1. The number of fused-ring (bicyclic) bond motifs is 1. The summed E-state index contributed by atoms with van der Waals surface area (Å²) >= 11 is 0. The Balaban J connectivity index is 1.48. The molecule has 222 valence electrons. The molecule has 9 heteroatoms. The summed E-state index contributed by atoms with van der Waals surface area (Å²) in [6.45, 7) is 7.44. The molecule has 3 N–H and O–H groups in total. The Hall–Kier alpha value is -4.40. The smallest absolute Gasteiger partial charge is 0.408 e. The van der Waals surface area contributed by atoms with Crippen LogP contribution in [0.25, 0.3) is 10.8 Å². The van der Waals surface area contributed by atoms with Gasteiger partial charge >= 0.3 is 12.2 Å². The first-order valence-electron chi connectivity index (χ1n) is 14.4. The third kappa shape index (κ3) is 6.73. The number of alkyl carbamates (subject to hydrolysis) is 1. The van der Waals surface area contributed by atoms with Crippen LogP contribution in [0.1, 0.15) is 70.2 Å². The fraction of sp³-hybridized carbons (Fsp3) is 0.394. The molecule has 1 heterocycles. The van der Waals surface area contributed by atoms with E-state index < -0.39 is 53.5 Å². The minimum atomic E-state index is -1.12. The monoisotopic (exact) mass is 573 g/mol. The number of hydrogen-bond acceptors (Lipinski definition) is 5. The average molecular weight is 574 g/mol. The molecule has 1 aliphatic heterocycles. The Morgan fingerprint density at radius 3 is 2.31 bits per heavy atom. The normalized spacial score (nSPS) is 19.1. The van der Waals surface area contributed by atoms with E-state index in [1.54, 1.807) is 6.92 Å². The summed E-state index contributed by atoms with van der Waals surface area (Å²) in [5, 5.41) is 17.4. The van der Waals surface area contributed by atoms with Gasteiger partial charge in [0.1, 0.15) is 12.1 Å². The number of carboxylic acid groups (broad SMARTS) is 1. The van der Waals surface area contributed by atoms with Gasteiger partial charge in [-0.3, -0.25) is 14.5 Å². The van der Waals surface area contributed by atoms with Gasteiger partial charge in [0.15, 0.2) is 0 Å². The molecule has 1 fully saturated rings. The number of nitrogens with zero attached hydrogens (tertiary/aromatic N) is 1. The van der Waals surface area contributed by atoms with E-state index in [9.17, 15) is 24.3 Å². The number of nitrogens with one attached hydrogen (secondary N) is 2. The summed E-state index contributed by atoms with van der Waals surface area (Å²) in [6.07, 6.45) is -1.13. The first kappa shape index (κ1) is 30.6. The zero-order valence-electron chi connectivity index (χ0n) is 24.5. The van der Waals surface area contributed by atoms with E-state index in [1.165, 1.54) is 4.90 Å². The van der Waals surface area contributed by atoms with Crippen LogP contribution < -0.4 is 10.6 Å². The minimum absolute atomic E-state index is 0.0318. The number of ketones is 1. The van der Waals surface area contributed by atoms with Gasteiger partial charge in [-0.05, 0) is 41.3 Å². The lowest BCUT2D eigenvalue weighted by molar-refractivity contribution is -0.139. The van der Waals surface area contributed by atoms with Crippen molar-refractivity contribution in [3.05, 3.63) is 83.9 Å². The molecule has 3 amide bonds. The fourth-order valence-corrected chi connectivity index (χ4v) is 5.70. The quantitative estimate of drug-likeness (QED) is 0.256. The molecule has 0 radical (unpaired) electrons. The van der Waals surface area contributed by atoms with Gasteiger partial charge in [0, 0.05) is 5.41 Å². The van der Waals surface area contributed by atoms with Crippen molar-refractivity contribution in [3.63, 3.8) is 0 Å². The van der Waals surface area contributed by atoms with E-state index in [2.05, 4.69) is 10.6 Å². The van der Waals surface area contributed by atoms with Gasteiger partial charge in [-0.1, -0.05) is 100 Å². The molecule has 9 nitrogen and oxygen atoms in total. The van der Waals surface area contributed by atoms with Gasteiger partial charge in [0.2, 0.25) is 5.78 Å². The van der Waals surface area contributed by atoms with Crippen LogP contribution in [-0.4, -0.2) is 52.6 Å². The Labute approximate surface area is 246 Å². The van der Waals surface area contributed by atoms with Gasteiger partial charge in [0.05, 0.1) is 18.6 Å². The Morgan fingerprint density at radius 2 is 1.64 bits per heavy atom. The molecule has 0 spiro atoms. The van der Waals surface area contributed by atoms with Crippen LogP contribution in [0, 0.1) is 5.41 Å². The first-order chi connectivity index (χ1) is 20.0. The number of carbonyl (C=O) groups is 4. The number of Topliss-reactive ketones (excluding diaryl/α,β-unsaturated/α-hetero) is 1. The molecule has 0 aromatic heterocycles. The minimum Gasteiger partial charge on any atom is -0.465 e. The Morgan fingerprint density at radius 1 is 0.976 bits per heavy atom. The second-order valence-electron chi connectivity index (χ2n) is 11.5. The molecular formula is C33H39N3O6. The molecule has 42 heavy (non-hydrogen) atoms. The van der Waals surface area contributed by atoms with Gasteiger partial charge < -0.3 is 20.5 Å². The van der Waals surface area contributed by atoms with E-state index in [0.717, 1.165) is 28.3 Å². The predicted molar refractivity (Wildman–Crippen MR) is 160 cm³/mol. The number of amides is 3. The summed E-state index contributed by atoms with van der Waals surface area (Å²) in [5.41, 5.74) is 0.861. The molecule has 4 rings (SSSR count). The zero-order valence-corrected chi connectivity index (χ0v) is 24.5. The molecule has 0 aliphatic carbocycles. The Bertz CT molecular complexity index is 1440. The molecule has 3 aromatic rings. The molecular weight excluding hydrogens is 534 g/mol. The molecule has 3 aromatic carbocycles. The number of hydrogen-bond donors (Lipinski definition) is 3. The van der Waals surface area contributed by atoms with Crippen molar-refractivity contribution >= 4 is 34.6 Å². The van der Waals surface area contributed by atoms with Crippen molar-refractivity contribution in [3.8, 4) is 0 Å². The highest BCUT2D eigenvalue weighted by Gasteiger charge is 2.53. The first-order valence-corrected chi connectivity index (χ1v) is 14.4. The lowest BCUT2D eigenvalue weighted by Gasteiger charge is -2.33. The van der Waals surface area contributed by atoms with E-state index in [1.807, 2.05) is 93.6 Å². The topological polar surface area (TPSA) is 125 Å². The zero-order chi connectivity index (χ0) is 30.4. The maximum Gasteiger partial charge on any atom is 0.408 e. The van der Waals surface area contributed by atoms with Crippen molar-refractivity contribution < 1.29 is 29.0 Å². The largest absolute Gasteiger partial charge is 0.465 e. The summed E-state index contributed by atoms with van der Waals surface area (Å²) in [7, 11) is 0. The highest BCUT2D eigenvalue weighted by molar-refractivity contribution is 6.38. The molecule has 1 saturated heterocycles.